The molecule has 1 N–H and O–H groups in total. The Bertz CT molecular complexity index is 158. The van der Waals surface area contributed by atoms with Crippen molar-refractivity contribution in [1.82, 2.24) is 5.32 Å². The van der Waals surface area contributed by atoms with Crippen molar-refractivity contribution in [1.29, 1.82) is 0 Å². The standard InChI is InChI=1S/C6H8BN/c1-5-3-6(7-2)4-8-5/h4,8H,1-3H2. The number of hydrogen-bond donors (Lipinski definition) is 1. The molecule has 0 saturated carbocycles. The summed E-state index contributed by atoms with van der Waals surface area (Å²) in [6, 6.07) is 0. The van der Waals surface area contributed by atoms with E-state index >= 15 is 0 Å². The molecule has 1 heterocycles. The predicted molar refractivity (Wildman–Crippen MR) is 37.9 cm³/mol. The molecule has 0 spiro atoms. The Labute approximate surface area is 50.0 Å². The third kappa shape index (κ3) is 0.888. The molecule has 1 aliphatic rings. The van der Waals surface area contributed by atoms with Crippen molar-refractivity contribution < 1.29 is 0 Å². The molecular weight excluding hydrogens is 96.9 g/mol. The van der Waals surface area contributed by atoms with Gasteiger partial charge < -0.3 is 0 Å². The Morgan fingerprint density at radius 1 is 1.75 bits per heavy atom. The topological polar surface area (TPSA) is 12.0 Å². The fraction of sp³-hybridized carbons (Fsp3) is 0.167. The summed E-state index contributed by atoms with van der Waals surface area (Å²) in [7, 11) is 0. The molecule has 2 heteroatoms. The van der Waals surface area contributed by atoms with E-state index in [0.29, 0.717) is 0 Å². The third-order valence-electron chi connectivity index (χ3n) is 1.14. The van der Waals surface area contributed by atoms with Crippen LogP contribution >= 0.6 is 0 Å². The SMILES string of the molecule is C=BC1=CNC(=C)C1. The van der Waals surface area contributed by atoms with Crippen molar-refractivity contribution in [2.45, 2.75) is 6.42 Å². The number of hydrogen-bond acceptors (Lipinski definition) is 1. The number of rotatable bonds is 1. The van der Waals surface area contributed by atoms with E-state index in [2.05, 4.69) is 18.4 Å². The molecule has 0 unspecified atom stereocenters. The Morgan fingerprint density at radius 2 is 2.50 bits per heavy atom. The average molecular weight is 105 g/mol. The van der Waals surface area contributed by atoms with Crippen LogP contribution in [-0.4, -0.2) is 13.4 Å². The fourth-order valence-corrected chi connectivity index (χ4v) is 0.674. The Hall–Kier alpha value is -0.785. The molecule has 0 aromatic carbocycles. The first-order valence-electron chi connectivity index (χ1n) is 2.58. The van der Waals surface area contributed by atoms with Gasteiger partial charge in [-0.2, -0.15) is 0 Å². The predicted octanol–water partition coefficient (Wildman–Crippen LogP) is 0.471. The van der Waals surface area contributed by atoms with Gasteiger partial charge in [0.15, 0.2) is 0 Å². The fourth-order valence-electron chi connectivity index (χ4n) is 0.674. The molecular formula is C6H8BN. The summed E-state index contributed by atoms with van der Waals surface area (Å²) in [6.45, 7) is 9.21. The van der Waals surface area contributed by atoms with E-state index in [9.17, 15) is 0 Å². The first kappa shape index (κ1) is 5.35. The maximum atomic E-state index is 3.74. The van der Waals surface area contributed by atoms with E-state index < -0.39 is 0 Å². The van der Waals surface area contributed by atoms with Gasteiger partial charge in [-0.25, -0.2) is 0 Å². The van der Waals surface area contributed by atoms with Crippen LogP contribution in [0.2, 0.25) is 0 Å². The van der Waals surface area contributed by atoms with Gasteiger partial charge in [0, 0.05) is 0 Å². The molecule has 40 valence electrons. The van der Waals surface area contributed by atoms with Gasteiger partial charge in [-0.05, 0) is 0 Å². The van der Waals surface area contributed by atoms with Crippen LogP contribution in [0, 0.1) is 0 Å². The van der Waals surface area contributed by atoms with Crippen LogP contribution in [0.3, 0.4) is 0 Å². The molecule has 0 fully saturated rings. The number of nitrogens with one attached hydrogen (secondary N) is 1. The molecule has 0 bridgehead atoms. The van der Waals surface area contributed by atoms with Gasteiger partial charge in [-0.1, -0.05) is 0 Å². The summed E-state index contributed by atoms with van der Waals surface area (Å²) in [5, 5.41) is 2.99. The molecule has 0 aromatic heterocycles. The zero-order valence-electron chi connectivity index (χ0n) is 4.78. The second-order valence-electron chi connectivity index (χ2n) is 1.85. The van der Waals surface area contributed by atoms with E-state index in [-0.39, 0.29) is 0 Å². The maximum absolute atomic E-state index is 3.74. The summed E-state index contributed by atoms with van der Waals surface area (Å²) >= 11 is 0. The van der Waals surface area contributed by atoms with Gasteiger partial charge in [0.25, 0.3) is 0 Å². The molecule has 1 nitrogen and oxygen atoms in total. The second kappa shape index (κ2) is 1.99. The minimum atomic E-state index is 0.934. The monoisotopic (exact) mass is 105 g/mol. The molecule has 1 aliphatic heterocycles. The summed E-state index contributed by atoms with van der Waals surface area (Å²) in [6.07, 6.45) is 2.86. The Balaban J connectivity index is 2.61. The van der Waals surface area contributed by atoms with Gasteiger partial charge in [-0.15, -0.1) is 0 Å². The number of allylic oxidation sites excluding steroid dienone is 1. The van der Waals surface area contributed by atoms with Crippen LogP contribution in [0.4, 0.5) is 0 Å². The molecule has 8 heavy (non-hydrogen) atoms. The van der Waals surface area contributed by atoms with Crippen LogP contribution < -0.4 is 5.32 Å². The van der Waals surface area contributed by atoms with Crippen LogP contribution in [0.25, 0.3) is 0 Å². The molecule has 0 saturated heterocycles. The second-order valence-corrected chi connectivity index (χ2v) is 1.85. The van der Waals surface area contributed by atoms with Gasteiger partial charge >= 0.3 is 49.1 Å². The first-order valence-corrected chi connectivity index (χ1v) is 2.58. The molecule has 0 atom stereocenters. The Morgan fingerprint density at radius 3 is 2.75 bits per heavy atom. The average Bonchev–Trinajstić information content (AvgIpc) is 2.14. The zero-order valence-corrected chi connectivity index (χ0v) is 4.78. The van der Waals surface area contributed by atoms with Gasteiger partial charge in [0.05, 0.1) is 0 Å². The normalized spacial score (nSPS) is 17.0. The third-order valence-corrected chi connectivity index (χ3v) is 1.14. The van der Waals surface area contributed by atoms with E-state index in [4.69, 9.17) is 0 Å². The van der Waals surface area contributed by atoms with Crippen LogP contribution in [-0.2, 0) is 0 Å². The van der Waals surface area contributed by atoms with E-state index in [1.807, 2.05) is 13.1 Å². The molecule has 0 radical (unpaired) electrons. The molecule has 0 aromatic rings. The summed E-state index contributed by atoms with van der Waals surface area (Å²) in [4.78, 5) is 0. The first-order chi connectivity index (χ1) is 3.83. The van der Waals surface area contributed by atoms with Crippen molar-refractivity contribution in [3.05, 3.63) is 23.9 Å². The molecule has 0 amide bonds. The van der Waals surface area contributed by atoms with Crippen molar-refractivity contribution in [2.24, 2.45) is 0 Å². The van der Waals surface area contributed by atoms with Crippen LogP contribution in [0.15, 0.2) is 23.9 Å². The quantitative estimate of drug-likeness (QED) is 0.478. The van der Waals surface area contributed by atoms with Crippen LogP contribution in [0.5, 0.6) is 0 Å². The van der Waals surface area contributed by atoms with Crippen molar-refractivity contribution in [3.8, 4) is 0 Å². The van der Waals surface area contributed by atoms with E-state index in [1.54, 1.807) is 0 Å². The van der Waals surface area contributed by atoms with Crippen molar-refractivity contribution in [3.63, 3.8) is 0 Å². The van der Waals surface area contributed by atoms with Crippen LogP contribution in [0.1, 0.15) is 6.42 Å². The van der Waals surface area contributed by atoms with Gasteiger partial charge in [0.1, 0.15) is 0 Å². The van der Waals surface area contributed by atoms with Crippen molar-refractivity contribution in [2.75, 3.05) is 0 Å². The molecule has 0 aliphatic carbocycles. The Kier molecular flexibility index (Phi) is 1.33. The zero-order chi connectivity index (χ0) is 5.98. The van der Waals surface area contributed by atoms with Gasteiger partial charge in [-0.3, -0.25) is 0 Å². The van der Waals surface area contributed by atoms with Gasteiger partial charge in [0.2, 0.25) is 0 Å². The van der Waals surface area contributed by atoms with Crippen molar-refractivity contribution >= 4 is 13.4 Å². The van der Waals surface area contributed by atoms with E-state index in [0.717, 1.165) is 12.1 Å². The molecule has 1 rings (SSSR count). The minimum absolute atomic E-state index is 0.934. The summed E-state index contributed by atoms with van der Waals surface area (Å²) in [5.74, 6) is 0. The summed E-state index contributed by atoms with van der Waals surface area (Å²) in [5.41, 5.74) is 2.27. The van der Waals surface area contributed by atoms with E-state index in [1.165, 1.54) is 5.47 Å². The summed E-state index contributed by atoms with van der Waals surface area (Å²) < 4.78 is 0.